The maximum atomic E-state index is 13.0. The van der Waals surface area contributed by atoms with Gasteiger partial charge in [-0.3, -0.25) is 9.80 Å². The minimum absolute atomic E-state index is 0.0244. The van der Waals surface area contributed by atoms with Crippen molar-refractivity contribution in [1.82, 2.24) is 14.7 Å². The van der Waals surface area contributed by atoms with Gasteiger partial charge in [-0.1, -0.05) is 12.1 Å². The highest BCUT2D eigenvalue weighted by Crippen LogP contribution is 2.37. The highest BCUT2D eigenvalue weighted by molar-refractivity contribution is 5.90. The average molecular weight is 502 g/mol. The van der Waals surface area contributed by atoms with E-state index in [1.54, 1.807) is 12.1 Å². The van der Waals surface area contributed by atoms with Gasteiger partial charge in [0.1, 0.15) is 5.75 Å². The molecule has 2 N–H and O–H groups in total. The van der Waals surface area contributed by atoms with E-state index in [1.165, 1.54) is 4.90 Å². The van der Waals surface area contributed by atoms with E-state index in [0.29, 0.717) is 25.2 Å². The lowest BCUT2D eigenvalue weighted by Gasteiger charge is -2.48. The number of hydrogen-bond acceptors (Lipinski definition) is 4. The summed E-state index contributed by atoms with van der Waals surface area (Å²) in [6, 6.07) is 7.39. The highest BCUT2D eigenvalue weighted by Gasteiger charge is 2.39. The fourth-order valence-corrected chi connectivity index (χ4v) is 4.23. The summed E-state index contributed by atoms with van der Waals surface area (Å²) >= 11 is 0. The number of phenols is 1. The van der Waals surface area contributed by atoms with Crippen LogP contribution in [0.5, 0.6) is 5.75 Å². The van der Waals surface area contributed by atoms with E-state index >= 15 is 0 Å². The number of nitrogens with one attached hydrogen (secondary N) is 1. The van der Waals surface area contributed by atoms with E-state index in [-0.39, 0.29) is 17.9 Å². The van der Waals surface area contributed by atoms with Crippen molar-refractivity contribution in [2.45, 2.75) is 24.9 Å². The maximum absolute atomic E-state index is 13.0. The van der Waals surface area contributed by atoms with E-state index in [9.17, 15) is 36.2 Å². The molecule has 0 aliphatic carbocycles. The SMILES string of the molecule is O=C(Nc1cc(C(F)(F)F)cc(C(F)(F)F)c1)N1CC(N2CCN(Cc3ccc(O)cc3)CC2)C1. The summed E-state index contributed by atoms with van der Waals surface area (Å²) in [5, 5.41) is 11.6. The van der Waals surface area contributed by atoms with Gasteiger partial charge in [0.05, 0.1) is 11.1 Å². The lowest BCUT2D eigenvalue weighted by atomic mass is 10.1. The van der Waals surface area contributed by atoms with Gasteiger partial charge >= 0.3 is 18.4 Å². The minimum atomic E-state index is -4.98. The lowest BCUT2D eigenvalue weighted by molar-refractivity contribution is -0.143. The number of alkyl halides is 6. The number of halogens is 6. The Bertz CT molecular complexity index is 1010. The Morgan fingerprint density at radius 3 is 1.94 bits per heavy atom. The van der Waals surface area contributed by atoms with Crippen molar-refractivity contribution >= 4 is 11.7 Å². The van der Waals surface area contributed by atoms with Crippen LogP contribution in [0.15, 0.2) is 42.5 Å². The van der Waals surface area contributed by atoms with E-state index < -0.39 is 35.2 Å². The van der Waals surface area contributed by atoms with E-state index in [1.807, 2.05) is 12.1 Å². The van der Waals surface area contributed by atoms with Crippen molar-refractivity contribution in [2.24, 2.45) is 0 Å². The minimum Gasteiger partial charge on any atom is -0.508 e. The molecular weight excluding hydrogens is 478 g/mol. The van der Waals surface area contributed by atoms with Crippen LogP contribution >= 0.6 is 0 Å². The van der Waals surface area contributed by atoms with Gasteiger partial charge in [0.2, 0.25) is 0 Å². The van der Waals surface area contributed by atoms with Crippen LogP contribution in [0.25, 0.3) is 0 Å². The fourth-order valence-electron chi connectivity index (χ4n) is 4.23. The molecule has 0 unspecified atom stereocenters. The average Bonchev–Trinajstić information content (AvgIpc) is 2.74. The maximum Gasteiger partial charge on any atom is 0.416 e. The van der Waals surface area contributed by atoms with Crippen LogP contribution in [-0.4, -0.2) is 71.1 Å². The number of aromatic hydroxyl groups is 1. The van der Waals surface area contributed by atoms with Crippen molar-refractivity contribution in [2.75, 3.05) is 44.6 Å². The van der Waals surface area contributed by atoms with Gasteiger partial charge in [0.25, 0.3) is 0 Å². The van der Waals surface area contributed by atoms with Crippen LogP contribution in [-0.2, 0) is 18.9 Å². The summed E-state index contributed by atoms with van der Waals surface area (Å²) in [5.74, 6) is 0.214. The number of piperazine rings is 1. The number of carbonyl (C=O) groups is 1. The fraction of sp³-hybridized carbons (Fsp3) is 0.435. The number of urea groups is 1. The summed E-state index contributed by atoms with van der Waals surface area (Å²) in [6.07, 6.45) is -9.96. The summed E-state index contributed by atoms with van der Waals surface area (Å²) in [7, 11) is 0. The summed E-state index contributed by atoms with van der Waals surface area (Å²) in [4.78, 5) is 18.3. The zero-order valence-electron chi connectivity index (χ0n) is 18.5. The van der Waals surface area contributed by atoms with E-state index in [2.05, 4.69) is 15.1 Å². The monoisotopic (exact) mass is 502 g/mol. The van der Waals surface area contributed by atoms with Gasteiger partial charge in [-0.2, -0.15) is 26.3 Å². The second kappa shape index (κ2) is 9.57. The first kappa shape index (κ1) is 25.1. The molecule has 12 heteroatoms. The molecule has 2 heterocycles. The number of hydrogen-bond donors (Lipinski definition) is 2. The molecule has 0 spiro atoms. The molecule has 0 aromatic heterocycles. The van der Waals surface area contributed by atoms with Crippen molar-refractivity contribution in [3.8, 4) is 5.75 Å². The normalized spacial score (nSPS) is 18.4. The van der Waals surface area contributed by atoms with Crippen molar-refractivity contribution in [3.05, 3.63) is 59.2 Å². The third kappa shape index (κ3) is 6.17. The van der Waals surface area contributed by atoms with Gasteiger partial charge < -0.3 is 15.3 Å². The predicted octanol–water partition coefficient (Wildman–Crippen LogP) is 4.46. The Balaban J connectivity index is 1.28. The Kier molecular flexibility index (Phi) is 6.87. The standard InChI is InChI=1S/C23H24F6N4O2/c24-22(25,26)16-9-17(23(27,28)29)11-18(10-16)30-21(35)33-13-19(14-33)32-7-5-31(6-8-32)12-15-1-3-20(34)4-2-15/h1-4,9-11,19,34H,5-8,12-14H2,(H,30,35). The second-order valence-corrected chi connectivity index (χ2v) is 8.76. The molecule has 0 saturated carbocycles. The number of rotatable bonds is 4. The van der Waals surface area contributed by atoms with Crippen LogP contribution in [0.2, 0.25) is 0 Å². The molecule has 0 atom stereocenters. The van der Waals surface area contributed by atoms with Gasteiger partial charge in [-0.05, 0) is 35.9 Å². The van der Waals surface area contributed by atoms with Gasteiger partial charge in [-0.15, -0.1) is 0 Å². The van der Waals surface area contributed by atoms with Crippen molar-refractivity contribution in [1.29, 1.82) is 0 Å². The first-order valence-corrected chi connectivity index (χ1v) is 11.0. The third-order valence-electron chi connectivity index (χ3n) is 6.25. The Morgan fingerprint density at radius 1 is 0.886 bits per heavy atom. The third-order valence-corrected chi connectivity index (χ3v) is 6.25. The van der Waals surface area contributed by atoms with Crippen molar-refractivity contribution < 1.29 is 36.2 Å². The molecule has 190 valence electrons. The van der Waals surface area contributed by atoms with Gasteiger partial charge in [0, 0.05) is 57.5 Å². The first-order chi connectivity index (χ1) is 16.4. The van der Waals surface area contributed by atoms with Crippen LogP contribution in [0, 0.1) is 0 Å². The van der Waals surface area contributed by atoms with Crippen LogP contribution in [0.1, 0.15) is 16.7 Å². The van der Waals surface area contributed by atoms with Crippen molar-refractivity contribution in [3.63, 3.8) is 0 Å². The van der Waals surface area contributed by atoms with Crippen LogP contribution < -0.4 is 5.32 Å². The zero-order chi connectivity index (χ0) is 25.4. The van der Waals surface area contributed by atoms with Gasteiger partial charge in [0.15, 0.2) is 0 Å². The Hall–Kier alpha value is -2.99. The number of phenolic OH excluding ortho intramolecular Hbond substituents is 1. The topological polar surface area (TPSA) is 59.1 Å². The molecule has 2 fully saturated rings. The predicted molar refractivity (Wildman–Crippen MR) is 116 cm³/mol. The zero-order valence-corrected chi connectivity index (χ0v) is 18.5. The Labute approximate surface area is 197 Å². The summed E-state index contributed by atoms with van der Waals surface area (Å²) in [6.45, 7) is 4.62. The number of nitrogens with zero attached hydrogens (tertiary/aromatic N) is 3. The lowest BCUT2D eigenvalue weighted by Crippen LogP contribution is -2.64. The highest BCUT2D eigenvalue weighted by atomic mass is 19.4. The van der Waals surface area contributed by atoms with E-state index in [4.69, 9.17) is 0 Å². The van der Waals surface area contributed by atoms with Crippen LogP contribution in [0.4, 0.5) is 36.8 Å². The molecule has 2 aliphatic rings. The van der Waals surface area contributed by atoms with Crippen LogP contribution in [0.3, 0.4) is 0 Å². The van der Waals surface area contributed by atoms with Gasteiger partial charge in [-0.25, -0.2) is 4.79 Å². The molecule has 0 bridgehead atoms. The molecule has 2 aromatic carbocycles. The first-order valence-electron chi connectivity index (χ1n) is 11.0. The molecular formula is C23H24F6N4O2. The number of benzene rings is 2. The largest absolute Gasteiger partial charge is 0.508 e. The quantitative estimate of drug-likeness (QED) is 0.607. The number of carbonyl (C=O) groups excluding carboxylic acids is 1. The molecule has 6 nitrogen and oxygen atoms in total. The molecule has 2 aromatic rings. The smallest absolute Gasteiger partial charge is 0.416 e. The molecule has 4 rings (SSSR count). The molecule has 2 amide bonds. The Morgan fingerprint density at radius 2 is 1.43 bits per heavy atom. The number of anilines is 1. The molecule has 35 heavy (non-hydrogen) atoms. The summed E-state index contributed by atoms with van der Waals surface area (Å²) < 4.78 is 78.1. The van der Waals surface area contributed by atoms with E-state index in [0.717, 1.165) is 38.3 Å². The summed E-state index contributed by atoms with van der Waals surface area (Å²) in [5.41, 5.74) is -2.42. The number of likely N-dealkylation sites (tertiary alicyclic amines) is 1. The second-order valence-electron chi connectivity index (χ2n) is 8.76. The number of amides is 2. The molecule has 0 radical (unpaired) electrons. The molecule has 2 aliphatic heterocycles. The molecule has 2 saturated heterocycles.